The van der Waals surface area contributed by atoms with Crippen molar-refractivity contribution in [1.29, 1.82) is 0 Å². The van der Waals surface area contributed by atoms with Crippen LogP contribution in [0.2, 0.25) is 0 Å². The van der Waals surface area contributed by atoms with E-state index in [9.17, 15) is 14.7 Å². The Labute approximate surface area is 230 Å². The summed E-state index contributed by atoms with van der Waals surface area (Å²) in [7, 11) is 1.88. The van der Waals surface area contributed by atoms with Gasteiger partial charge in [0.05, 0.1) is 30.4 Å². The van der Waals surface area contributed by atoms with E-state index in [1.165, 1.54) is 0 Å². The number of hydrogen-bond donors (Lipinski definition) is 4. The second-order valence-electron chi connectivity index (χ2n) is 10.3. The fourth-order valence-electron chi connectivity index (χ4n) is 4.63. The van der Waals surface area contributed by atoms with Crippen molar-refractivity contribution in [1.82, 2.24) is 15.4 Å². The number of benzene rings is 1. The van der Waals surface area contributed by atoms with Crippen molar-refractivity contribution < 1.29 is 28.7 Å². The topological polar surface area (TPSA) is 138 Å². The van der Waals surface area contributed by atoms with Crippen molar-refractivity contribution >= 4 is 23.3 Å². The van der Waals surface area contributed by atoms with Gasteiger partial charge < -0.3 is 40.0 Å². The quantitative estimate of drug-likeness (QED) is 0.428. The molecule has 1 aromatic heterocycles. The lowest BCUT2D eigenvalue weighted by Gasteiger charge is -2.34. The summed E-state index contributed by atoms with van der Waals surface area (Å²) in [5.41, 5.74) is 1.79. The molecule has 0 bridgehead atoms. The first-order valence-electron chi connectivity index (χ1n) is 13.6. The minimum absolute atomic E-state index is 0.00349. The number of nitrogens with zero attached hydrogens (tertiary/aromatic N) is 2. The van der Waals surface area contributed by atoms with Crippen LogP contribution < -0.4 is 20.7 Å². The summed E-state index contributed by atoms with van der Waals surface area (Å²) < 4.78 is 17.5. The summed E-state index contributed by atoms with van der Waals surface area (Å²) in [4.78, 5) is 28.4. The van der Waals surface area contributed by atoms with Crippen LogP contribution in [0.4, 0.5) is 16.2 Å². The first kappa shape index (κ1) is 30.4. The van der Waals surface area contributed by atoms with Gasteiger partial charge in [0.1, 0.15) is 17.1 Å². The van der Waals surface area contributed by atoms with Crippen LogP contribution in [0.25, 0.3) is 0 Å². The summed E-state index contributed by atoms with van der Waals surface area (Å²) in [6, 6.07) is 4.10. The number of urea groups is 1. The number of carbonyl (C=O) groups excluding carboxylic acids is 2. The monoisotopic (exact) mass is 545 g/mol. The molecule has 0 unspecified atom stereocenters. The van der Waals surface area contributed by atoms with Gasteiger partial charge in [-0.25, -0.2) is 4.79 Å². The van der Waals surface area contributed by atoms with Crippen molar-refractivity contribution in [3.05, 3.63) is 35.2 Å². The van der Waals surface area contributed by atoms with Gasteiger partial charge in [0, 0.05) is 31.3 Å². The number of aliphatic hydroxyl groups is 1. The molecular weight excluding hydrogens is 502 g/mol. The first-order chi connectivity index (χ1) is 18.6. The molecule has 2 aromatic rings. The zero-order chi connectivity index (χ0) is 28.5. The number of rotatable bonds is 6. The Balaban J connectivity index is 1.94. The van der Waals surface area contributed by atoms with Crippen LogP contribution >= 0.6 is 0 Å². The van der Waals surface area contributed by atoms with Crippen molar-refractivity contribution in [2.45, 2.75) is 72.1 Å². The minimum atomic E-state index is -0.492. The lowest BCUT2D eigenvalue weighted by molar-refractivity contribution is -0.000451. The van der Waals surface area contributed by atoms with E-state index < -0.39 is 12.1 Å². The Kier molecular flexibility index (Phi) is 11.1. The predicted octanol–water partition coefficient (Wildman–Crippen LogP) is 3.95. The van der Waals surface area contributed by atoms with Gasteiger partial charge in [-0.15, -0.1) is 0 Å². The molecule has 216 valence electrons. The van der Waals surface area contributed by atoms with Crippen LogP contribution in [0.15, 0.2) is 22.7 Å². The molecule has 0 saturated heterocycles. The van der Waals surface area contributed by atoms with Crippen LogP contribution in [-0.4, -0.2) is 78.7 Å². The van der Waals surface area contributed by atoms with E-state index in [1.807, 2.05) is 20.9 Å². The Hall–Kier alpha value is -3.15. The molecule has 4 N–H and O–H groups in total. The summed E-state index contributed by atoms with van der Waals surface area (Å²) in [6.45, 7) is 10.8. The smallest absolute Gasteiger partial charge is 0.323 e. The van der Waals surface area contributed by atoms with Crippen LogP contribution in [-0.2, 0) is 4.74 Å². The molecule has 1 aliphatic heterocycles. The van der Waals surface area contributed by atoms with Gasteiger partial charge in [-0.05, 0) is 72.2 Å². The van der Waals surface area contributed by atoms with Crippen molar-refractivity contribution in [3.63, 3.8) is 0 Å². The average molecular weight is 546 g/mol. The molecule has 0 radical (unpaired) electrons. The zero-order valence-electron chi connectivity index (χ0n) is 23.9. The number of likely N-dealkylation sites (N-methyl/N-ethyl adjacent to an activating group) is 1. The lowest BCUT2D eigenvalue weighted by Crippen LogP contribution is -2.47. The van der Waals surface area contributed by atoms with Gasteiger partial charge in [0.25, 0.3) is 5.91 Å². The van der Waals surface area contributed by atoms with E-state index in [4.69, 9.17) is 14.0 Å². The maximum absolute atomic E-state index is 14.0. The molecule has 3 rings (SSSR count). The summed E-state index contributed by atoms with van der Waals surface area (Å²) in [6.07, 6.45) is 2.43. The molecule has 1 aliphatic rings. The molecule has 2 heterocycles. The van der Waals surface area contributed by atoms with Crippen LogP contribution in [0.5, 0.6) is 5.75 Å². The largest absolute Gasteiger partial charge is 0.490 e. The van der Waals surface area contributed by atoms with Crippen LogP contribution in [0.1, 0.15) is 61.8 Å². The molecule has 4 atom stereocenters. The number of hydrogen-bond acceptors (Lipinski definition) is 8. The van der Waals surface area contributed by atoms with E-state index >= 15 is 0 Å². The van der Waals surface area contributed by atoms with Crippen LogP contribution in [0.3, 0.4) is 0 Å². The standard InChI is InChI=1S/C28H43N5O6/c1-17-15-33(18(2)16-34)27(35)23-13-22(30-28(36)31-26-20(4)32-39-21(26)5)10-11-24(23)38-19(3)9-7-8-12-37-25(17)14-29-6/h10-11,13,17-19,25,29,34H,7-9,12,14-16H2,1-6H3,(H2,30,31,36)/t17-,18+,19-,25-/m1/s1. The third-order valence-electron chi connectivity index (χ3n) is 6.99. The van der Waals surface area contributed by atoms with Crippen molar-refractivity contribution in [3.8, 4) is 5.75 Å². The van der Waals surface area contributed by atoms with Gasteiger partial charge in [-0.2, -0.15) is 0 Å². The van der Waals surface area contributed by atoms with E-state index in [-0.39, 0.29) is 30.6 Å². The highest BCUT2D eigenvalue weighted by Crippen LogP contribution is 2.29. The van der Waals surface area contributed by atoms with Gasteiger partial charge in [-0.3, -0.25) is 4.79 Å². The number of ether oxygens (including phenoxy) is 2. The average Bonchev–Trinajstić information content (AvgIpc) is 3.22. The summed E-state index contributed by atoms with van der Waals surface area (Å²) >= 11 is 0. The van der Waals surface area contributed by atoms with Gasteiger partial charge >= 0.3 is 6.03 Å². The second kappa shape index (κ2) is 14.3. The zero-order valence-corrected chi connectivity index (χ0v) is 23.9. The molecule has 1 aromatic carbocycles. The minimum Gasteiger partial charge on any atom is -0.490 e. The number of amides is 3. The van der Waals surface area contributed by atoms with E-state index in [0.29, 0.717) is 53.8 Å². The second-order valence-corrected chi connectivity index (χ2v) is 10.3. The van der Waals surface area contributed by atoms with E-state index in [2.05, 4.69) is 28.0 Å². The SMILES string of the molecule is CNC[C@H]1OCCCC[C@@H](C)Oc2ccc(NC(=O)Nc3c(C)noc3C)cc2C(=O)N([C@@H](C)CO)C[C@H]1C. The third-order valence-corrected chi connectivity index (χ3v) is 6.99. The molecule has 0 spiro atoms. The molecule has 0 saturated carbocycles. The summed E-state index contributed by atoms with van der Waals surface area (Å²) in [5, 5.41) is 22.6. The molecule has 39 heavy (non-hydrogen) atoms. The van der Waals surface area contributed by atoms with Crippen molar-refractivity contribution in [2.24, 2.45) is 5.92 Å². The normalized spacial score (nSPS) is 21.9. The van der Waals surface area contributed by atoms with Gasteiger partial charge in [0.15, 0.2) is 5.76 Å². The first-order valence-corrected chi connectivity index (χ1v) is 13.6. The molecule has 3 amide bonds. The molecule has 0 fully saturated rings. The highest BCUT2D eigenvalue weighted by Gasteiger charge is 2.29. The predicted molar refractivity (Wildman–Crippen MR) is 149 cm³/mol. The number of anilines is 2. The number of aliphatic hydroxyl groups excluding tert-OH is 1. The number of aryl methyl sites for hydroxylation is 2. The van der Waals surface area contributed by atoms with E-state index in [0.717, 1.165) is 19.3 Å². The summed E-state index contributed by atoms with van der Waals surface area (Å²) in [5.74, 6) is 0.643. The van der Waals surface area contributed by atoms with Crippen molar-refractivity contribution in [2.75, 3.05) is 44.0 Å². The van der Waals surface area contributed by atoms with E-state index in [1.54, 1.807) is 36.9 Å². The Morgan fingerprint density at radius 1 is 1.23 bits per heavy atom. The Bertz CT molecular complexity index is 1090. The number of carbonyl (C=O) groups is 2. The fourth-order valence-corrected chi connectivity index (χ4v) is 4.63. The molecule has 11 heteroatoms. The molecule has 0 aliphatic carbocycles. The molecular formula is C28H43N5O6. The third kappa shape index (κ3) is 8.17. The fraction of sp³-hybridized carbons (Fsp3) is 0.607. The number of fused-ring (bicyclic) bond motifs is 1. The molecule has 11 nitrogen and oxygen atoms in total. The Morgan fingerprint density at radius 3 is 2.67 bits per heavy atom. The van der Waals surface area contributed by atoms with Crippen LogP contribution in [0, 0.1) is 19.8 Å². The number of aromatic nitrogens is 1. The highest BCUT2D eigenvalue weighted by atomic mass is 16.5. The highest BCUT2D eigenvalue weighted by molar-refractivity contribution is 6.03. The maximum Gasteiger partial charge on any atom is 0.323 e. The van der Waals surface area contributed by atoms with Gasteiger partial charge in [0.2, 0.25) is 0 Å². The number of nitrogens with one attached hydrogen (secondary N) is 3. The Morgan fingerprint density at radius 2 is 2.00 bits per heavy atom. The van der Waals surface area contributed by atoms with Gasteiger partial charge in [-0.1, -0.05) is 12.1 Å². The maximum atomic E-state index is 14.0. The lowest BCUT2D eigenvalue weighted by atomic mass is 10.0.